The molecule has 0 saturated carbocycles. The van der Waals surface area contributed by atoms with Crippen molar-refractivity contribution in [3.8, 4) is 0 Å². The summed E-state index contributed by atoms with van der Waals surface area (Å²) in [5, 5.41) is 3.34. The zero-order chi connectivity index (χ0) is 20.4. The first-order chi connectivity index (χ1) is 14.0. The molecule has 0 aliphatic carbocycles. The van der Waals surface area contributed by atoms with Crippen LogP contribution in [-0.2, 0) is 19.5 Å². The molecule has 5 nitrogen and oxygen atoms in total. The van der Waals surface area contributed by atoms with Gasteiger partial charge in [0.1, 0.15) is 11.6 Å². The molecule has 2 aromatic carbocycles. The van der Waals surface area contributed by atoms with Crippen LogP contribution < -0.4 is 10.9 Å². The number of hydrogen-bond acceptors (Lipinski definition) is 3. The van der Waals surface area contributed by atoms with Gasteiger partial charge in [0.15, 0.2) is 0 Å². The van der Waals surface area contributed by atoms with Crippen molar-refractivity contribution in [3.63, 3.8) is 0 Å². The third-order valence-corrected chi connectivity index (χ3v) is 5.52. The molecule has 4 rings (SSSR count). The van der Waals surface area contributed by atoms with Crippen molar-refractivity contribution in [1.82, 2.24) is 14.9 Å². The Labute approximate surface area is 168 Å². The molecule has 1 N–H and O–H groups in total. The number of carbonyl (C=O) groups is 1. The summed E-state index contributed by atoms with van der Waals surface area (Å²) >= 11 is 0. The third kappa shape index (κ3) is 4.06. The van der Waals surface area contributed by atoms with Gasteiger partial charge in [-0.15, -0.1) is 0 Å². The van der Waals surface area contributed by atoms with Crippen molar-refractivity contribution >= 4 is 16.8 Å². The number of rotatable bonds is 3. The smallest absolute Gasteiger partial charge is 0.261 e. The van der Waals surface area contributed by atoms with Gasteiger partial charge in [0.25, 0.3) is 11.5 Å². The van der Waals surface area contributed by atoms with Crippen LogP contribution in [0.4, 0.5) is 4.39 Å². The van der Waals surface area contributed by atoms with E-state index in [9.17, 15) is 14.0 Å². The molecule has 0 radical (unpaired) electrons. The number of amides is 1. The van der Waals surface area contributed by atoms with Crippen molar-refractivity contribution in [3.05, 3.63) is 75.1 Å². The second-order valence-corrected chi connectivity index (χ2v) is 7.65. The summed E-state index contributed by atoms with van der Waals surface area (Å²) in [6.07, 6.45) is 5.07. The topological polar surface area (TPSA) is 64.0 Å². The van der Waals surface area contributed by atoms with Gasteiger partial charge >= 0.3 is 0 Å². The van der Waals surface area contributed by atoms with Crippen molar-refractivity contribution in [1.29, 1.82) is 0 Å². The molecule has 0 fully saturated rings. The fourth-order valence-electron chi connectivity index (χ4n) is 3.77. The lowest BCUT2D eigenvalue weighted by Gasteiger charge is -2.16. The maximum Gasteiger partial charge on any atom is 0.261 e. The summed E-state index contributed by atoms with van der Waals surface area (Å²) in [6, 6.07) is 9.90. The molecule has 29 heavy (non-hydrogen) atoms. The monoisotopic (exact) mass is 393 g/mol. The van der Waals surface area contributed by atoms with Crippen molar-refractivity contribution in [2.24, 2.45) is 0 Å². The largest absolute Gasteiger partial charge is 0.348 e. The van der Waals surface area contributed by atoms with Gasteiger partial charge in [-0.2, -0.15) is 0 Å². The van der Waals surface area contributed by atoms with E-state index in [2.05, 4.69) is 5.32 Å². The van der Waals surface area contributed by atoms with E-state index in [1.807, 2.05) is 0 Å². The van der Waals surface area contributed by atoms with E-state index in [0.29, 0.717) is 34.1 Å². The lowest BCUT2D eigenvalue weighted by atomic mass is 10.1. The van der Waals surface area contributed by atoms with Crippen LogP contribution in [0.1, 0.15) is 53.0 Å². The maximum absolute atomic E-state index is 13.7. The first-order valence-corrected chi connectivity index (χ1v) is 10.1. The Balaban J connectivity index is 1.59. The minimum absolute atomic E-state index is 0.0333. The fourth-order valence-corrected chi connectivity index (χ4v) is 3.77. The maximum atomic E-state index is 13.7. The van der Waals surface area contributed by atoms with Gasteiger partial charge < -0.3 is 5.32 Å². The molecule has 2 heterocycles. The molecular weight excluding hydrogens is 369 g/mol. The van der Waals surface area contributed by atoms with E-state index in [1.165, 1.54) is 6.07 Å². The van der Waals surface area contributed by atoms with Gasteiger partial charge in [0.2, 0.25) is 0 Å². The first kappa shape index (κ1) is 19.3. The lowest BCUT2D eigenvalue weighted by Crippen LogP contribution is -2.27. The van der Waals surface area contributed by atoms with Crippen LogP contribution in [0.3, 0.4) is 0 Å². The highest BCUT2D eigenvalue weighted by atomic mass is 19.1. The van der Waals surface area contributed by atoms with Crippen molar-refractivity contribution in [2.75, 3.05) is 0 Å². The van der Waals surface area contributed by atoms with Gasteiger partial charge in [0.05, 0.1) is 10.9 Å². The molecule has 0 unspecified atom stereocenters. The highest BCUT2D eigenvalue weighted by molar-refractivity contribution is 5.97. The number of aromatic nitrogens is 2. The summed E-state index contributed by atoms with van der Waals surface area (Å²) in [5.41, 5.74) is 2.22. The zero-order valence-electron chi connectivity index (χ0n) is 16.5. The average molecular weight is 393 g/mol. The second-order valence-electron chi connectivity index (χ2n) is 7.65. The van der Waals surface area contributed by atoms with E-state index in [-0.39, 0.29) is 23.8 Å². The predicted molar refractivity (Wildman–Crippen MR) is 110 cm³/mol. The molecule has 150 valence electrons. The third-order valence-electron chi connectivity index (χ3n) is 5.52. The predicted octanol–water partition coefficient (Wildman–Crippen LogP) is 3.89. The van der Waals surface area contributed by atoms with Crippen LogP contribution in [0, 0.1) is 12.7 Å². The van der Waals surface area contributed by atoms with E-state index in [4.69, 9.17) is 4.98 Å². The molecule has 0 saturated heterocycles. The van der Waals surface area contributed by atoms with Crippen LogP contribution in [0.25, 0.3) is 10.9 Å². The Kier molecular flexibility index (Phi) is 5.43. The van der Waals surface area contributed by atoms with Crippen LogP contribution in [-0.4, -0.2) is 15.5 Å². The molecule has 0 spiro atoms. The highest BCUT2D eigenvalue weighted by Crippen LogP contribution is 2.17. The van der Waals surface area contributed by atoms with Gasteiger partial charge in [-0.1, -0.05) is 25.0 Å². The van der Waals surface area contributed by atoms with Crippen LogP contribution in [0.2, 0.25) is 0 Å². The van der Waals surface area contributed by atoms with Crippen molar-refractivity contribution in [2.45, 2.75) is 52.1 Å². The molecule has 0 bridgehead atoms. The molecule has 6 heteroatoms. The van der Waals surface area contributed by atoms with E-state index in [0.717, 1.165) is 37.9 Å². The summed E-state index contributed by atoms with van der Waals surface area (Å²) in [5.74, 6) is 0.236. The van der Waals surface area contributed by atoms with E-state index >= 15 is 0 Å². The Morgan fingerprint density at radius 1 is 1.14 bits per heavy atom. The van der Waals surface area contributed by atoms with Gasteiger partial charge in [-0.25, -0.2) is 9.37 Å². The Bertz CT molecular complexity index is 1140. The molecule has 3 aromatic rings. The molecular formula is C23H24FN3O2. The standard InChI is InChI=1S/C23H24FN3O2/c1-15-7-8-16(12-19(15)24)14-25-22(28)17-9-10-18-20(13-17)26-21-6-4-2-3-5-11-27(21)23(18)29/h7-10,12-13H,2-6,11,14H2,1H3,(H,25,28). The number of hydrogen-bond donors (Lipinski definition) is 1. The number of halogens is 1. The Morgan fingerprint density at radius 3 is 2.79 bits per heavy atom. The quantitative estimate of drug-likeness (QED) is 0.734. The summed E-state index contributed by atoms with van der Waals surface area (Å²) in [4.78, 5) is 30.1. The minimum atomic E-state index is -0.288. The number of carbonyl (C=O) groups excluding carboxylic acids is 1. The molecule has 0 atom stereocenters. The number of benzene rings is 2. The number of nitrogens with one attached hydrogen (secondary N) is 1. The van der Waals surface area contributed by atoms with Crippen LogP contribution in [0.5, 0.6) is 0 Å². The van der Waals surface area contributed by atoms with E-state index < -0.39 is 0 Å². The number of nitrogens with zero attached hydrogens (tertiary/aromatic N) is 2. The molecule has 1 aliphatic heterocycles. The first-order valence-electron chi connectivity index (χ1n) is 10.1. The average Bonchev–Trinajstić information content (AvgIpc) is 2.70. The van der Waals surface area contributed by atoms with Crippen molar-refractivity contribution < 1.29 is 9.18 Å². The molecule has 1 aliphatic rings. The Morgan fingerprint density at radius 2 is 1.97 bits per heavy atom. The summed E-state index contributed by atoms with van der Waals surface area (Å²) in [6.45, 7) is 2.63. The lowest BCUT2D eigenvalue weighted by molar-refractivity contribution is 0.0951. The molecule has 1 aromatic heterocycles. The van der Waals surface area contributed by atoms with Gasteiger partial charge in [-0.05, 0) is 55.2 Å². The number of fused-ring (bicyclic) bond motifs is 2. The van der Waals surface area contributed by atoms with Gasteiger partial charge in [-0.3, -0.25) is 14.2 Å². The normalized spacial score (nSPS) is 14.1. The minimum Gasteiger partial charge on any atom is -0.348 e. The van der Waals surface area contributed by atoms with E-state index in [1.54, 1.807) is 41.8 Å². The SMILES string of the molecule is Cc1ccc(CNC(=O)c2ccc3c(=O)n4c(nc3c2)CCCCCC4)cc1F. The summed E-state index contributed by atoms with van der Waals surface area (Å²) < 4.78 is 15.5. The fraction of sp³-hybridized carbons (Fsp3) is 0.348. The van der Waals surface area contributed by atoms with Crippen LogP contribution in [0.15, 0.2) is 41.2 Å². The Hall–Kier alpha value is -3.02. The van der Waals surface area contributed by atoms with Gasteiger partial charge in [0, 0.05) is 25.1 Å². The number of aryl methyl sites for hydroxylation is 2. The zero-order valence-corrected chi connectivity index (χ0v) is 16.5. The second kappa shape index (κ2) is 8.15. The highest BCUT2D eigenvalue weighted by Gasteiger charge is 2.15. The summed E-state index contributed by atoms with van der Waals surface area (Å²) in [7, 11) is 0. The van der Waals surface area contributed by atoms with Crippen LogP contribution >= 0.6 is 0 Å². The molecule has 1 amide bonds.